The Morgan fingerprint density at radius 1 is 1.38 bits per heavy atom. The van der Waals surface area contributed by atoms with Gasteiger partial charge in [-0.3, -0.25) is 9.59 Å². The average Bonchev–Trinajstić information content (AvgIpc) is 2.83. The monoisotopic (exact) mass is 346 g/mol. The zero-order chi connectivity index (χ0) is 17.1. The normalized spacial score (nSPS) is 16.1. The molecule has 6 nitrogen and oxygen atoms in total. The lowest BCUT2D eigenvalue weighted by Crippen LogP contribution is -2.23. The second kappa shape index (κ2) is 7.25. The molecule has 2 N–H and O–H groups in total. The first-order chi connectivity index (χ1) is 11.5. The summed E-state index contributed by atoms with van der Waals surface area (Å²) in [6, 6.07) is 0. The van der Waals surface area contributed by atoms with Crippen LogP contribution in [0.1, 0.15) is 48.4 Å². The first-order valence-corrected chi connectivity index (χ1v) is 9.17. The zero-order valence-corrected chi connectivity index (χ0v) is 14.8. The summed E-state index contributed by atoms with van der Waals surface area (Å²) in [7, 11) is 0. The van der Waals surface area contributed by atoms with Gasteiger partial charge in [0.25, 0.3) is 5.56 Å². The van der Waals surface area contributed by atoms with Crippen LogP contribution < -0.4 is 11.0 Å². The number of hydrogen-bond donors (Lipinski definition) is 2. The fourth-order valence-electron chi connectivity index (χ4n) is 3.07. The molecule has 1 amide bonds. The van der Waals surface area contributed by atoms with Crippen molar-refractivity contribution in [2.75, 3.05) is 0 Å². The first kappa shape index (κ1) is 16.8. The van der Waals surface area contributed by atoms with Crippen LogP contribution in [-0.4, -0.2) is 22.1 Å². The number of aromatic nitrogens is 2. The van der Waals surface area contributed by atoms with Crippen LogP contribution in [0.3, 0.4) is 0 Å². The fraction of sp³-hybridized carbons (Fsp3) is 0.529. The van der Waals surface area contributed by atoms with E-state index >= 15 is 0 Å². The van der Waals surface area contributed by atoms with Crippen LogP contribution in [0.5, 0.6) is 0 Å². The number of hydrazone groups is 1. The van der Waals surface area contributed by atoms with Crippen LogP contribution in [0.15, 0.2) is 9.90 Å². The Morgan fingerprint density at radius 2 is 2.12 bits per heavy atom. The molecule has 0 saturated heterocycles. The molecule has 0 bridgehead atoms. The molecule has 7 heteroatoms. The van der Waals surface area contributed by atoms with Crippen LogP contribution in [-0.2, 0) is 11.2 Å². The van der Waals surface area contributed by atoms with Crippen molar-refractivity contribution in [1.82, 2.24) is 15.4 Å². The van der Waals surface area contributed by atoms with E-state index in [0.717, 1.165) is 23.3 Å². The number of carbonyl (C=O) groups is 1. The van der Waals surface area contributed by atoms with Crippen LogP contribution in [0.4, 0.5) is 0 Å². The van der Waals surface area contributed by atoms with E-state index < -0.39 is 0 Å². The Morgan fingerprint density at radius 3 is 2.88 bits per heavy atom. The van der Waals surface area contributed by atoms with Crippen LogP contribution in [0.2, 0.25) is 0 Å². The van der Waals surface area contributed by atoms with Gasteiger partial charge in [-0.1, -0.05) is 19.3 Å². The number of aryl methyl sites for hydroxylation is 2. The van der Waals surface area contributed by atoms with Gasteiger partial charge in [0.1, 0.15) is 10.7 Å². The molecule has 0 atom stereocenters. The minimum Gasteiger partial charge on any atom is -0.309 e. The fourth-order valence-corrected chi connectivity index (χ4v) is 4.12. The van der Waals surface area contributed by atoms with Crippen LogP contribution in [0.25, 0.3) is 10.2 Å². The standard InChI is InChI=1S/C17H22N4O2S/c1-10-11(2)24-17-15(10)16(23)19-13(20-17)8-14(22)21-18-9-12-6-4-3-5-7-12/h9,12H,3-8H2,1-2H3,(H,21,22)(H,19,20,23)/b18-9-. The van der Waals surface area contributed by atoms with E-state index in [1.165, 1.54) is 30.6 Å². The third-order valence-electron chi connectivity index (χ3n) is 4.54. The lowest BCUT2D eigenvalue weighted by molar-refractivity contribution is -0.120. The summed E-state index contributed by atoms with van der Waals surface area (Å²) >= 11 is 1.48. The smallest absolute Gasteiger partial charge is 0.259 e. The van der Waals surface area contributed by atoms with Crippen LogP contribution >= 0.6 is 11.3 Å². The van der Waals surface area contributed by atoms with E-state index in [1.807, 2.05) is 20.1 Å². The number of nitrogens with one attached hydrogen (secondary N) is 2. The van der Waals surface area contributed by atoms with Crippen molar-refractivity contribution in [2.24, 2.45) is 11.0 Å². The molecule has 0 aliphatic heterocycles. The van der Waals surface area contributed by atoms with Gasteiger partial charge in [-0.05, 0) is 38.2 Å². The molecule has 1 saturated carbocycles. The zero-order valence-electron chi connectivity index (χ0n) is 14.0. The predicted molar refractivity (Wildman–Crippen MR) is 96.6 cm³/mol. The highest BCUT2D eigenvalue weighted by molar-refractivity contribution is 7.18. The maximum atomic E-state index is 12.2. The number of amides is 1. The van der Waals surface area contributed by atoms with E-state index in [4.69, 9.17) is 0 Å². The average molecular weight is 346 g/mol. The Bertz CT molecular complexity index is 831. The second-order valence-electron chi connectivity index (χ2n) is 6.36. The number of nitrogens with zero attached hydrogens (tertiary/aromatic N) is 2. The molecule has 2 aromatic heterocycles. The van der Waals surface area contributed by atoms with Crippen molar-refractivity contribution < 1.29 is 4.79 Å². The molecule has 2 heterocycles. The molecule has 1 aliphatic rings. The van der Waals surface area contributed by atoms with Gasteiger partial charge in [0.05, 0.1) is 11.8 Å². The summed E-state index contributed by atoms with van der Waals surface area (Å²) in [6.45, 7) is 3.88. The quantitative estimate of drug-likeness (QED) is 0.659. The minimum absolute atomic E-state index is 0.0170. The highest BCUT2D eigenvalue weighted by Gasteiger charge is 2.14. The molecule has 0 aromatic carbocycles. The van der Waals surface area contributed by atoms with Gasteiger partial charge in [0.2, 0.25) is 5.91 Å². The topological polar surface area (TPSA) is 87.2 Å². The first-order valence-electron chi connectivity index (χ1n) is 8.35. The van der Waals surface area contributed by atoms with Gasteiger partial charge in [-0.2, -0.15) is 5.10 Å². The molecule has 2 aromatic rings. The molecule has 3 rings (SSSR count). The lowest BCUT2D eigenvalue weighted by Gasteiger charge is -2.16. The largest absolute Gasteiger partial charge is 0.309 e. The number of carbonyl (C=O) groups excluding carboxylic acids is 1. The van der Waals surface area contributed by atoms with E-state index in [1.54, 1.807) is 0 Å². The summed E-state index contributed by atoms with van der Waals surface area (Å²) in [5.41, 5.74) is 3.30. The van der Waals surface area contributed by atoms with Gasteiger partial charge >= 0.3 is 0 Å². The third-order valence-corrected chi connectivity index (χ3v) is 5.64. The molecule has 128 valence electrons. The Hall–Kier alpha value is -2.02. The summed E-state index contributed by atoms with van der Waals surface area (Å²) in [5.74, 6) is 0.569. The maximum absolute atomic E-state index is 12.2. The maximum Gasteiger partial charge on any atom is 0.259 e. The molecule has 1 fully saturated rings. The Kier molecular flexibility index (Phi) is 5.08. The Labute approximate surface area is 144 Å². The van der Waals surface area contributed by atoms with Crippen molar-refractivity contribution in [3.05, 3.63) is 26.6 Å². The van der Waals surface area contributed by atoms with Crippen molar-refractivity contribution in [3.63, 3.8) is 0 Å². The van der Waals surface area contributed by atoms with Gasteiger partial charge in [0, 0.05) is 11.1 Å². The number of rotatable bonds is 4. The number of hydrogen-bond acceptors (Lipinski definition) is 5. The second-order valence-corrected chi connectivity index (χ2v) is 7.57. The lowest BCUT2D eigenvalue weighted by atomic mass is 9.90. The van der Waals surface area contributed by atoms with E-state index in [-0.39, 0.29) is 17.9 Å². The van der Waals surface area contributed by atoms with Crippen molar-refractivity contribution in [3.8, 4) is 0 Å². The highest BCUT2D eigenvalue weighted by Crippen LogP contribution is 2.25. The number of thiophene rings is 1. The number of H-pyrrole nitrogens is 1. The van der Waals surface area contributed by atoms with E-state index in [9.17, 15) is 9.59 Å². The van der Waals surface area contributed by atoms with E-state index in [2.05, 4.69) is 20.5 Å². The third kappa shape index (κ3) is 3.72. The summed E-state index contributed by atoms with van der Waals surface area (Å²) in [4.78, 5) is 33.0. The summed E-state index contributed by atoms with van der Waals surface area (Å²) in [6.07, 6.45) is 7.89. The van der Waals surface area contributed by atoms with Crippen molar-refractivity contribution in [1.29, 1.82) is 0 Å². The molecule has 1 aliphatic carbocycles. The van der Waals surface area contributed by atoms with Crippen molar-refractivity contribution >= 4 is 33.7 Å². The van der Waals surface area contributed by atoms with Gasteiger partial charge in [-0.15, -0.1) is 11.3 Å². The van der Waals surface area contributed by atoms with Gasteiger partial charge < -0.3 is 4.98 Å². The van der Waals surface area contributed by atoms with Crippen molar-refractivity contribution in [2.45, 2.75) is 52.4 Å². The predicted octanol–water partition coefficient (Wildman–Crippen LogP) is 2.83. The number of fused-ring (bicyclic) bond motifs is 1. The molecule has 0 unspecified atom stereocenters. The highest BCUT2D eigenvalue weighted by atomic mass is 32.1. The molecule has 0 spiro atoms. The van der Waals surface area contributed by atoms with Gasteiger partial charge in [0.15, 0.2) is 0 Å². The molecular weight excluding hydrogens is 324 g/mol. The van der Waals surface area contributed by atoms with Crippen LogP contribution in [0, 0.1) is 19.8 Å². The Balaban J connectivity index is 1.65. The van der Waals surface area contributed by atoms with E-state index in [0.29, 0.717) is 22.0 Å². The number of aromatic amines is 1. The molecule has 0 radical (unpaired) electrons. The molecule has 24 heavy (non-hydrogen) atoms. The molecular formula is C17H22N4O2S. The summed E-state index contributed by atoms with van der Waals surface area (Å²) < 4.78 is 0. The SMILES string of the molecule is Cc1sc2nc(CC(=O)N/N=C\C3CCCCC3)[nH]c(=O)c2c1C. The van der Waals surface area contributed by atoms with Gasteiger partial charge in [-0.25, -0.2) is 10.4 Å². The summed E-state index contributed by atoms with van der Waals surface area (Å²) in [5, 5.41) is 4.67. The minimum atomic E-state index is -0.269.